The highest BCUT2D eigenvalue weighted by molar-refractivity contribution is 5.77. The van der Waals surface area contributed by atoms with E-state index in [1.807, 2.05) is 0 Å². The summed E-state index contributed by atoms with van der Waals surface area (Å²) in [5.41, 5.74) is 5.75. The fourth-order valence-corrected chi connectivity index (χ4v) is 1.63. The molecule has 0 aliphatic heterocycles. The van der Waals surface area contributed by atoms with E-state index in [1.54, 1.807) is 0 Å². The van der Waals surface area contributed by atoms with Crippen molar-refractivity contribution >= 4 is 5.96 Å². The summed E-state index contributed by atoms with van der Waals surface area (Å²) in [4.78, 5) is 4.32. The summed E-state index contributed by atoms with van der Waals surface area (Å²) in [6.45, 7) is 7.56. The van der Waals surface area contributed by atoms with E-state index in [0.717, 1.165) is 32.0 Å². The summed E-state index contributed by atoms with van der Waals surface area (Å²) in [6.07, 6.45) is 5.10. The second-order valence-electron chi connectivity index (χ2n) is 5.24. The van der Waals surface area contributed by atoms with Crippen LogP contribution in [0, 0.1) is 11.8 Å². The first-order valence-corrected chi connectivity index (χ1v) is 6.80. The van der Waals surface area contributed by atoms with Gasteiger partial charge in [0.1, 0.15) is 0 Å². The van der Waals surface area contributed by atoms with Crippen LogP contribution in [0.3, 0.4) is 0 Å². The largest absolute Gasteiger partial charge is 0.380 e. The first-order chi connectivity index (χ1) is 8.18. The molecule has 0 radical (unpaired) electrons. The lowest BCUT2D eigenvalue weighted by Crippen LogP contribution is -2.35. The molecule has 3 N–H and O–H groups in total. The van der Waals surface area contributed by atoms with Crippen molar-refractivity contribution in [2.24, 2.45) is 22.6 Å². The first-order valence-electron chi connectivity index (χ1n) is 6.80. The highest BCUT2D eigenvalue weighted by Crippen LogP contribution is 2.26. The molecule has 0 aromatic carbocycles. The third-order valence-electron chi connectivity index (χ3n) is 3.14. The van der Waals surface area contributed by atoms with Gasteiger partial charge in [-0.15, -0.1) is 0 Å². The number of aliphatic imine (C=N–C) groups is 1. The normalized spacial score (nSPS) is 17.2. The Morgan fingerprint density at radius 1 is 1.41 bits per heavy atom. The zero-order valence-electron chi connectivity index (χ0n) is 11.2. The minimum absolute atomic E-state index is 0.560. The fourth-order valence-electron chi connectivity index (χ4n) is 1.63. The molecule has 4 heteroatoms. The first kappa shape index (κ1) is 14.3. The second kappa shape index (κ2) is 8.34. The molecule has 0 heterocycles. The van der Waals surface area contributed by atoms with Crippen LogP contribution in [-0.4, -0.2) is 32.3 Å². The molecule has 0 saturated heterocycles. The minimum atomic E-state index is 0.560. The highest BCUT2D eigenvalue weighted by atomic mass is 16.5. The third kappa shape index (κ3) is 7.21. The van der Waals surface area contributed by atoms with E-state index < -0.39 is 0 Å². The predicted molar refractivity (Wildman–Crippen MR) is 72.1 cm³/mol. The molecule has 0 aromatic heterocycles. The molecule has 0 atom stereocenters. The van der Waals surface area contributed by atoms with Gasteiger partial charge in [-0.25, -0.2) is 0 Å². The Bertz CT molecular complexity index is 225. The average Bonchev–Trinajstić information content (AvgIpc) is 2.20. The molecular weight excluding hydrogens is 214 g/mol. The van der Waals surface area contributed by atoms with Crippen LogP contribution >= 0.6 is 0 Å². The molecule has 0 unspecified atom stereocenters. The Hall–Kier alpha value is -0.770. The van der Waals surface area contributed by atoms with Crippen LogP contribution in [0.1, 0.15) is 39.5 Å². The van der Waals surface area contributed by atoms with Crippen LogP contribution in [0.25, 0.3) is 0 Å². The van der Waals surface area contributed by atoms with Crippen molar-refractivity contribution in [3.05, 3.63) is 0 Å². The van der Waals surface area contributed by atoms with Crippen molar-refractivity contribution in [2.75, 3.05) is 26.3 Å². The van der Waals surface area contributed by atoms with Gasteiger partial charge in [-0.3, -0.25) is 4.99 Å². The molecule has 0 bridgehead atoms. The topological polar surface area (TPSA) is 59.6 Å². The zero-order valence-corrected chi connectivity index (χ0v) is 11.2. The molecule has 1 rings (SSSR count). The molecule has 1 aliphatic carbocycles. The van der Waals surface area contributed by atoms with Crippen LogP contribution in [0.4, 0.5) is 0 Å². The van der Waals surface area contributed by atoms with E-state index in [9.17, 15) is 0 Å². The Kier molecular flexibility index (Phi) is 7.01. The summed E-state index contributed by atoms with van der Waals surface area (Å²) in [6, 6.07) is 0. The monoisotopic (exact) mass is 241 g/mol. The van der Waals surface area contributed by atoms with Gasteiger partial charge < -0.3 is 15.8 Å². The lowest BCUT2D eigenvalue weighted by atomic mass is 9.86. The van der Waals surface area contributed by atoms with Gasteiger partial charge in [-0.2, -0.15) is 0 Å². The maximum absolute atomic E-state index is 5.75. The van der Waals surface area contributed by atoms with Crippen LogP contribution in [0.5, 0.6) is 0 Å². The van der Waals surface area contributed by atoms with Gasteiger partial charge in [0.05, 0.1) is 6.61 Å². The van der Waals surface area contributed by atoms with Crippen molar-refractivity contribution in [1.82, 2.24) is 5.32 Å². The zero-order chi connectivity index (χ0) is 12.5. The van der Waals surface area contributed by atoms with Crippen molar-refractivity contribution in [2.45, 2.75) is 39.5 Å². The summed E-state index contributed by atoms with van der Waals surface area (Å²) >= 11 is 0. The molecule has 1 aliphatic rings. The lowest BCUT2D eigenvalue weighted by Gasteiger charge is -2.23. The average molecular weight is 241 g/mol. The van der Waals surface area contributed by atoms with E-state index in [4.69, 9.17) is 10.5 Å². The summed E-state index contributed by atoms with van der Waals surface area (Å²) < 4.78 is 5.48. The quantitative estimate of drug-likeness (QED) is 0.387. The van der Waals surface area contributed by atoms with Crippen molar-refractivity contribution in [3.8, 4) is 0 Å². The Balaban J connectivity index is 1.90. The number of ether oxygens (including phenoxy) is 1. The highest BCUT2D eigenvalue weighted by Gasteiger charge is 2.16. The summed E-state index contributed by atoms with van der Waals surface area (Å²) in [7, 11) is 0. The Morgan fingerprint density at radius 2 is 2.18 bits per heavy atom. The SMILES string of the molecule is CC(C)CCOCCNC(N)=NCC1CCC1. The van der Waals surface area contributed by atoms with Crippen molar-refractivity contribution in [1.29, 1.82) is 0 Å². The van der Waals surface area contributed by atoms with Crippen LogP contribution < -0.4 is 11.1 Å². The van der Waals surface area contributed by atoms with Crippen LogP contribution in [-0.2, 0) is 4.74 Å². The molecule has 0 aromatic rings. The fraction of sp³-hybridized carbons (Fsp3) is 0.923. The summed E-state index contributed by atoms with van der Waals surface area (Å²) in [5.74, 6) is 2.04. The van der Waals surface area contributed by atoms with Gasteiger partial charge in [0.2, 0.25) is 0 Å². The molecule has 4 nitrogen and oxygen atoms in total. The van der Waals surface area contributed by atoms with Gasteiger partial charge in [-0.1, -0.05) is 20.3 Å². The van der Waals surface area contributed by atoms with Gasteiger partial charge >= 0.3 is 0 Å². The predicted octanol–water partition coefficient (Wildman–Crippen LogP) is 1.75. The maximum atomic E-state index is 5.75. The van der Waals surface area contributed by atoms with E-state index in [-0.39, 0.29) is 0 Å². The number of hydrogen-bond donors (Lipinski definition) is 2. The van der Waals surface area contributed by atoms with Crippen molar-refractivity contribution in [3.63, 3.8) is 0 Å². The lowest BCUT2D eigenvalue weighted by molar-refractivity contribution is 0.128. The minimum Gasteiger partial charge on any atom is -0.380 e. The van der Waals surface area contributed by atoms with Gasteiger partial charge in [0.25, 0.3) is 0 Å². The van der Waals surface area contributed by atoms with Crippen LogP contribution in [0.15, 0.2) is 4.99 Å². The van der Waals surface area contributed by atoms with E-state index >= 15 is 0 Å². The van der Waals surface area contributed by atoms with Gasteiger partial charge in [-0.05, 0) is 31.1 Å². The number of rotatable bonds is 8. The van der Waals surface area contributed by atoms with Crippen LogP contribution in [0.2, 0.25) is 0 Å². The third-order valence-corrected chi connectivity index (χ3v) is 3.14. The maximum Gasteiger partial charge on any atom is 0.188 e. The smallest absolute Gasteiger partial charge is 0.188 e. The molecule has 100 valence electrons. The molecule has 0 spiro atoms. The van der Waals surface area contributed by atoms with Crippen molar-refractivity contribution < 1.29 is 4.74 Å². The molecule has 1 fully saturated rings. The van der Waals surface area contributed by atoms with E-state index in [2.05, 4.69) is 24.2 Å². The second-order valence-corrected chi connectivity index (χ2v) is 5.24. The standard InChI is InChI=1S/C13H27N3O/c1-11(2)6-8-17-9-7-15-13(14)16-10-12-4-3-5-12/h11-12H,3-10H2,1-2H3,(H3,14,15,16). The summed E-state index contributed by atoms with van der Waals surface area (Å²) in [5, 5.41) is 3.08. The number of guanidine groups is 1. The number of nitrogens with zero attached hydrogens (tertiary/aromatic N) is 1. The molecule has 17 heavy (non-hydrogen) atoms. The van der Waals surface area contributed by atoms with Gasteiger partial charge in [0, 0.05) is 19.7 Å². The number of hydrogen-bond acceptors (Lipinski definition) is 2. The molecule has 0 amide bonds. The Labute approximate surface area is 105 Å². The molecular formula is C13H27N3O. The van der Waals surface area contributed by atoms with E-state index in [0.29, 0.717) is 18.5 Å². The Morgan fingerprint density at radius 3 is 2.76 bits per heavy atom. The van der Waals surface area contributed by atoms with Gasteiger partial charge in [0.15, 0.2) is 5.96 Å². The van der Waals surface area contributed by atoms with E-state index in [1.165, 1.54) is 19.3 Å². The molecule has 1 saturated carbocycles. The number of nitrogens with one attached hydrogen (secondary N) is 1. The number of nitrogens with two attached hydrogens (primary N) is 1.